The minimum absolute atomic E-state index is 0.279. The molecule has 0 bridgehead atoms. The maximum atomic E-state index is 10.7. The van der Waals surface area contributed by atoms with E-state index in [1.54, 1.807) is 24.3 Å². The van der Waals surface area contributed by atoms with E-state index in [9.17, 15) is 4.79 Å². The standard InChI is InChI=1S/C7H6ClNO2/c8-11-6-4-2-1-3-5(6)7(9)10/h1-4H,(H2,9,10). The van der Waals surface area contributed by atoms with Crippen LogP contribution in [0.2, 0.25) is 0 Å². The molecule has 3 nitrogen and oxygen atoms in total. The zero-order valence-electron chi connectivity index (χ0n) is 5.58. The van der Waals surface area contributed by atoms with Crippen LogP contribution in [0.25, 0.3) is 0 Å². The molecule has 0 heterocycles. The van der Waals surface area contributed by atoms with Gasteiger partial charge in [-0.2, -0.15) is 0 Å². The number of rotatable bonds is 2. The summed E-state index contributed by atoms with van der Waals surface area (Å²) in [4.78, 5) is 10.7. The van der Waals surface area contributed by atoms with E-state index in [0.29, 0.717) is 0 Å². The molecule has 11 heavy (non-hydrogen) atoms. The Morgan fingerprint density at radius 3 is 2.55 bits per heavy atom. The third-order valence-corrected chi connectivity index (χ3v) is 1.40. The summed E-state index contributed by atoms with van der Waals surface area (Å²) in [5.74, 6) is -0.275. The van der Waals surface area contributed by atoms with Crippen molar-refractivity contribution in [2.45, 2.75) is 0 Å². The minimum atomic E-state index is -0.554. The van der Waals surface area contributed by atoms with Gasteiger partial charge in [-0.25, -0.2) is 0 Å². The molecule has 0 saturated carbocycles. The van der Waals surface area contributed by atoms with Crippen molar-refractivity contribution in [3.63, 3.8) is 0 Å². The quantitative estimate of drug-likeness (QED) is 0.730. The maximum absolute atomic E-state index is 10.7. The summed E-state index contributed by atoms with van der Waals surface area (Å²) in [6, 6.07) is 6.48. The Kier molecular flexibility index (Phi) is 2.33. The van der Waals surface area contributed by atoms with Gasteiger partial charge >= 0.3 is 0 Å². The monoisotopic (exact) mass is 171 g/mol. The van der Waals surface area contributed by atoms with Gasteiger partial charge in [0.25, 0.3) is 5.91 Å². The summed E-state index contributed by atoms with van der Waals surface area (Å²) in [5, 5.41) is 0. The van der Waals surface area contributed by atoms with Crippen LogP contribution in [0.3, 0.4) is 0 Å². The number of carbonyl (C=O) groups excluding carboxylic acids is 1. The highest BCUT2D eigenvalue weighted by Crippen LogP contribution is 2.17. The Morgan fingerprint density at radius 2 is 2.09 bits per heavy atom. The molecule has 58 valence electrons. The van der Waals surface area contributed by atoms with Crippen LogP contribution >= 0.6 is 11.9 Å². The molecule has 1 amide bonds. The molecule has 1 aromatic rings. The first kappa shape index (κ1) is 7.88. The number of benzene rings is 1. The first-order valence-corrected chi connectivity index (χ1v) is 3.24. The summed E-state index contributed by atoms with van der Waals surface area (Å²) < 4.78 is 4.38. The van der Waals surface area contributed by atoms with Gasteiger partial charge in [0, 0.05) is 0 Å². The fraction of sp³-hybridized carbons (Fsp3) is 0. The lowest BCUT2D eigenvalue weighted by Gasteiger charge is -1.99. The van der Waals surface area contributed by atoms with Crippen molar-refractivity contribution in [3.05, 3.63) is 29.8 Å². The number of hydrogen-bond donors (Lipinski definition) is 1. The molecule has 4 heteroatoms. The lowest BCUT2D eigenvalue weighted by molar-refractivity contribution is 0.0999. The molecule has 0 spiro atoms. The van der Waals surface area contributed by atoms with Gasteiger partial charge in [-0.3, -0.25) is 4.79 Å². The van der Waals surface area contributed by atoms with Crippen molar-refractivity contribution in [1.82, 2.24) is 0 Å². The summed E-state index contributed by atoms with van der Waals surface area (Å²) >= 11 is 5.07. The van der Waals surface area contributed by atoms with Crippen LogP contribution < -0.4 is 10.0 Å². The van der Waals surface area contributed by atoms with E-state index in [-0.39, 0.29) is 11.3 Å². The van der Waals surface area contributed by atoms with Crippen LogP contribution in [0.4, 0.5) is 0 Å². The van der Waals surface area contributed by atoms with Crippen molar-refractivity contribution >= 4 is 17.8 Å². The molecule has 0 aliphatic carbocycles. The molecule has 0 saturated heterocycles. The molecule has 1 aromatic carbocycles. The highest BCUT2D eigenvalue weighted by Gasteiger charge is 2.06. The second-order valence-corrected chi connectivity index (χ2v) is 2.09. The Bertz CT molecular complexity index is 275. The number of halogens is 1. The lowest BCUT2D eigenvalue weighted by Crippen LogP contribution is -2.11. The third-order valence-electron chi connectivity index (χ3n) is 1.24. The van der Waals surface area contributed by atoms with Crippen LogP contribution in [-0.2, 0) is 0 Å². The van der Waals surface area contributed by atoms with Gasteiger partial charge in [0.1, 0.15) is 11.9 Å². The normalized spacial score (nSPS) is 9.18. The van der Waals surface area contributed by atoms with E-state index in [0.717, 1.165) is 0 Å². The number of primary amides is 1. The molecule has 0 unspecified atom stereocenters. The van der Waals surface area contributed by atoms with Crippen molar-refractivity contribution in [2.24, 2.45) is 5.73 Å². The first-order chi connectivity index (χ1) is 5.25. The predicted molar refractivity (Wildman–Crippen MR) is 41.4 cm³/mol. The first-order valence-electron chi connectivity index (χ1n) is 2.93. The SMILES string of the molecule is NC(=O)c1ccccc1OCl. The van der Waals surface area contributed by atoms with E-state index in [1.165, 1.54) is 0 Å². The van der Waals surface area contributed by atoms with E-state index in [4.69, 9.17) is 17.6 Å². The van der Waals surface area contributed by atoms with Crippen LogP contribution in [0.5, 0.6) is 5.75 Å². The molecule has 2 N–H and O–H groups in total. The Hall–Kier alpha value is -1.22. The fourth-order valence-electron chi connectivity index (χ4n) is 0.737. The fourth-order valence-corrected chi connectivity index (χ4v) is 0.872. The minimum Gasteiger partial charge on any atom is -0.385 e. The Balaban J connectivity index is 3.12. The van der Waals surface area contributed by atoms with Crippen LogP contribution in [-0.4, -0.2) is 5.91 Å². The van der Waals surface area contributed by atoms with Gasteiger partial charge in [-0.05, 0) is 12.1 Å². The molecule has 0 aromatic heterocycles. The average molecular weight is 172 g/mol. The molecule has 0 radical (unpaired) electrons. The van der Waals surface area contributed by atoms with Gasteiger partial charge in [0.2, 0.25) is 0 Å². The summed E-state index contributed by atoms with van der Waals surface area (Å²) in [6.45, 7) is 0. The zero-order valence-corrected chi connectivity index (χ0v) is 6.34. The molecular weight excluding hydrogens is 166 g/mol. The van der Waals surface area contributed by atoms with Crippen LogP contribution in [0.1, 0.15) is 10.4 Å². The molecular formula is C7H6ClNO2. The van der Waals surface area contributed by atoms with Gasteiger partial charge in [0.05, 0.1) is 5.56 Å². The van der Waals surface area contributed by atoms with Gasteiger partial charge in [0.15, 0.2) is 5.75 Å². The topological polar surface area (TPSA) is 52.3 Å². The number of nitrogens with two attached hydrogens (primary N) is 1. The lowest BCUT2D eigenvalue weighted by atomic mass is 10.2. The largest absolute Gasteiger partial charge is 0.385 e. The van der Waals surface area contributed by atoms with E-state index in [2.05, 4.69) is 4.29 Å². The summed E-state index contributed by atoms with van der Waals surface area (Å²) in [5.41, 5.74) is 5.29. The summed E-state index contributed by atoms with van der Waals surface area (Å²) in [7, 11) is 0. The number of hydrogen-bond acceptors (Lipinski definition) is 2. The van der Waals surface area contributed by atoms with E-state index < -0.39 is 5.91 Å². The Morgan fingerprint density at radius 1 is 1.45 bits per heavy atom. The third kappa shape index (κ3) is 1.62. The number of para-hydroxylation sites is 1. The summed E-state index contributed by atoms with van der Waals surface area (Å²) in [6.07, 6.45) is 0. The number of amides is 1. The van der Waals surface area contributed by atoms with Crippen molar-refractivity contribution < 1.29 is 9.08 Å². The highest BCUT2D eigenvalue weighted by atomic mass is 35.5. The Labute approximate surface area is 68.9 Å². The molecule has 1 rings (SSSR count). The van der Waals surface area contributed by atoms with Crippen LogP contribution in [0.15, 0.2) is 24.3 Å². The van der Waals surface area contributed by atoms with Crippen molar-refractivity contribution in [3.8, 4) is 5.75 Å². The average Bonchev–Trinajstić information content (AvgIpc) is 2.04. The van der Waals surface area contributed by atoms with E-state index >= 15 is 0 Å². The van der Waals surface area contributed by atoms with Crippen molar-refractivity contribution in [2.75, 3.05) is 0 Å². The second kappa shape index (κ2) is 3.25. The van der Waals surface area contributed by atoms with E-state index in [1.807, 2.05) is 0 Å². The van der Waals surface area contributed by atoms with Crippen LogP contribution in [0, 0.1) is 0 Å². The number of carbonyl (C=O) groups is 1. The van der Waals surface area contributed by atoms with Gasteiger partial charge in [-0.15, -0.1) is 0 Å². The smallest absolute Gasteiger partial charge is 0.252 e. The second-order valence-electron chi connectivity index (χ2n) is 1.94. The molecule has 0 aliphatic heterocycles. The highest BCUT2D eigenvalue weighted by molar-refractivity contribution is 6.10. The molecule has 0 fully saturated rings. The molecule has 0 aliphatic rings. The predicted octanol–water partition coefficient (Wildman–Crippen LogP) is 1.32. The van der Waals surface area contributed by atoms with Gasteiger partial charge < -0.3 is 10.0 Å². The zero-order chi connectivity index (χ0) is 8.27. The maximum Gasteiger partial charge on any atom is 0.252 e. The van der Waals surface area contributed by atoms with Gasteiger partial charge in [-0.1, -0.05) is 12.1 Å². The van der Waals surface area contributed by atoms with Crippen molar-refractivity contribution in [1.29, 1.82) is 0 Å². The molecule has 0 atom stereocenters.